The fourth-order valence-corrected chi connectivity index (χ4v) is 13.1. The van der Waals surface area contributed by atoms with E-state index in [1.165, 1.54) is 76.2 Å². The van der Waals surface area contributed by atoms with E-state index in [1.807, 2.05) is 0 Å². The van der Waals surface area contributed by atoms with Gasteiger partial charge >= 0.3 is 5.97 Å². The molecule has 0 unspecified atom stereocenters. The van der Waals surface area contributed by atoms with E-state index in [-0.39, 0.29) is 24.1 Å². The van der Waals surface area contributed by atoms with Crippen LogP contribution in [0.15, 0.2) is 36.0 Å². The van der Waals surface area contributed by atoms with Gasteiger partial charge in [0.25, 0.3) is 0 Å². The first-order valence-corrected chi connectivity index (χ1v) is 25.3. The van der Waals surface area contributed by atoms with E-state index in [1.54, 1.807) is 0 Å². The second-order valence-electron chi connectivity index (χ2n) is 21.1. The van der Waals surface area contributed by atoms with Gasteiger partial charge in [-0.3, -0.25) is 4.79 Å². The van der Waals surface area contributed by atoms with E-state index in [2.05, 4.69) is 78.8 Å². The maximum absolute atomic E-state index is 12.6. The summed E-state index contributed by atoms with van der Waals surface area (Å²) in [6.07, 6.45) is 31.2. The molecule has 3 N–H and O–H groups in total. The van der Waals surface area contributed by atoms with Crippen molar-refractivity contribution in [3.05, 3.63) is 36.0 Å². The molecule has 0 spiro atoms. The molecule has 5 aliphatic rings. The molecule has 4 aliphatic carbocycles. The average molecular weight is 839 g/mol. The molecule has 7 heteroatoms. The molecule has 7 nitrogen and oxygen atoms in total. The number of unbranched alkanes of at least 4 members (excludes halogenated alkanes) is 8. The summed E-state index contributed by atoms with van der Waals surface area (Å²) in [6.45, 7) is 17.0. The molecule has 60 heavy (non-hydrogen) atoms. The van der Waals surface area contributed by atoms with Gasteiger partial charge < -0.3 is 29.5 Å². The van der Waals surface area contributed by atoms with E-state index >= 15 is 0 Å². The van der Waals surface area contributed by atoms with Crippen LogP contribution in [-0.4, -0.2) is 64.7 Å². The first-order valence-electron chi connectivity index (χ1n) is 25.3. The Hall–Kier alpha value is -1.51. The van der Waals surface area contributed by atoms with Gasteiger partial charge in [-0.25, -0.2) is 0 Å². The Bertz CT molecular complexity index is 1370. The maximum Gasteiger partial charge on any atom is 0.305 e. The Labute approximate surface area is 367 Å². The van der Waals surface area contributed by atoms with Gasteiger partial charge in [0.05, 0.1) is 6.10 Å². The topological polar surface area (TPSA) is 105 Å². The highest BCUT2D eigenvalue weighted by Gasteiger charge is 2.59. The Balaban J connectivity index is 1.03. The number of carbonyl (C=O) groups excluding carboxylic acids is 1. The number of hydrogen-bond donors (Lipinski definition) is 3. The Morgan fingerprint density at radius 2 is 1.55 bits per heavy atom. The van der Waals surface area contributed by atoms with Crippen molar-refractivity contribution >= 4 is 5.97 Å². The lowest BCUT2D eigenvalue weighted by Crippen LogP contribution is -2.60. The lowest BCUT2D eigenvalue weighted by Gasteiger charge is -2.58. The van der Waals surface area contributed by atoms with Crippen LogP contribution in [0.25, 0.3) is 0 Å². The van der Waals surface area contributed by atoms with Crippen molar-refractivity contribution < 1.29 is 34.3 Å². The number of esters is 1. The maximum atomic E-state index is 12.6. The highest BCUT2D eigenvalue weighted by Crippen LogP contribution is 2.67. The quantitative estimate of drug-likeness (QED) is 0.0505. The number of allylic oxidation sites excluding steroid dienone is 5. The van der Waals surface area contributed by atoms with Gasteiger partial charge in [0.15, 0.2) is 6.29 Å². The van der Waals surface area contributed by atoms with Crippen molar-refractivity contribution in [2.24, 2.45) is 52.3 Å². The fraction of sp³-hybridized carbons (Fsp3) is 0.868. The summed E-state index contributed by atoms with van der Waals surface area (Å²) in [7, 11) is 0. The summed E-state index contributed by atoms with van der Waals surface area (Å²) in [6, 6.07) is 0. The first-order chi connectivity index (χ1) is 28.8. The molecule has 0 aromatic rings. The number of fused-ring (bicyclic) bond motifs is 5. The van der Waals surface area contributed by atoms with Crippen LogP contribution in [0.2, 0.25) is 0 Å². The van der Waals surface area contributed by atoms with Crippen molar-refractivity contribution in [1.82, 2.24) is 0 Å². The zero-order chi connectivity index (χ0) is 43.3. The van der Waals surface area contributed by atoms with Crippen molar-refractivity contribution in [2.45, 2.75) is 233 Å². The molecular formula is C53H90O7. The highest BCUT2D eigenvalue weighted by molar-refractivity contribution is 5.69. The predicted octanol–water partition coefficient (Wildman–Crippen LogP) is 12.2. The van der Waals surface area contributed by atoms with E-state index in [9.17, 15) is 20.1 Å². The van der Waals surface area contributed by atoms with Crippen molar-refractivity contribution in [2.75, 3.05) is 6.61 Å². The molecule has 1 saturated heterocycles. The number of ether oxygens (including phenoxy) is 3. The van der Waals surface area contributed by atoms with Gasteiger partial charge in [-0.05, 0) is 149 Å². The molecular weight excluding hydrogens is 749 g/mol. The van der Waals surface area contributed by atoms with E-state index < -0.39 is 30.7 Å². The van der Waals surface area contributed by atoms with Crippen LogP contribution in [0.5, 0.6) is 0 Å². The van der Waals surface area contributed by atoms with E-state index in [0.717, 1.165) is 106 Å². The zero-order valence-electron chi connectivity index (χ0n) is 39.3. The van der Waals surface area contributed by atoms with Crippen molar-refractivity contribution in [1.29, 1.82) is 0 Å². The van der Waals surface area contributed by atoms with Crippen LogP contribution in [0.3, 0.4) is 0 Å². The van der Waals surface area contributed by atoms with Crippen LogP contribution >= 0.6 is 0 Å². The van der Waals surface area contributed by atoms with Crippen molar-refractivity contribution in [3.63, 3.8) is 0 Å². The van der Waals surface area contributed by atoms with Crippen molar-refractivity contribution in [3.8, 4) is 0 Å². The van der Waals surface area contributed by atoms with Gasteiger partial charge in [0, 0.05) is 6.42 Å². The molecule has 0 radical (unpaired) electrons. The smallest absolute Gasteiger partial charge is 0.305 e. The average Bonchev–Trinajstić information content (AvgIpc) is 3.59. The predicted molar refractivity (Wildman–Crippen MR) is 244 cm³/mol. The molecule has 1 heterocycles. The molecule has 0 amide bonds. The van der Waals surface area contributed by atoms with Crippen LogP contribution < -0.4 is 0 Å². The number of aliphatic hydroxyl groups excluding tert-OH is 3. The highest BCUT2D eigenvalue weighted by atomic mass is 16.7. The molecule has 0 bridgehead atoms. The first kappa shape index (κ1) is 49.5. The molecule has 344 valence electrons. The normalized spacial score (nSPS) is 36.5. The summed E-state index contributed by atoms with van der Waals surface area (Å²) in [5.74, 6) is 5.20. The second kappa shape index (κ2) is 24.0. The van der Waals surface area contributed by atoms with Gasteiger partial charge in [-0.1, -0.05) is 129 Å². The summed E-state index contributed by atoms with van der Waals surface area (Å²) in [4.78, 5) is 12.6. The molecule has 5 rings (SSSR count). The van der Waals surface area contributed by atoms with Gasteiger partial charge in [0.2, 0.25) is 0 Å². The SMILES string of the molecule is CCCCC/C=C/C/C=C/CCCCCCCC(=O)OC[C@H]1O[C@@H](O[C@H]2CC[C@@]3(C)C(=CC[C@H]4[C@@H]5CC[C@H]([C@H](C)CC[C@@H](CC)C(C)C)[C@@]5(C)CC[C@@H]43)C2)[C@H](O)[C@@H](O)[C@@H]1O. The Kier molecular flexibility index (Phi) is 19.8. The molecule has 0 aromatic heterocycles. The molecule has 0 aromatic carbocycles. The largest absolute Gasteiger partial charge is 0.463 e. The van der Waals surface area contributed by atoms with Crippen LogP contribution in [-0.2, 0) is 19.0 Å². The van der Waals surface area contributed by atoms with Crippen LogP contribution in [0.4, 0.5) is 0 Å². The number of aliphatic hydroxyl groups is 3. The minimum Gasteiger partial charge on any atom is -0.463 e. The Morgan fingerprint density at radius 3 is 2.27 bits per heavy atom. The summed E-state index contributed by atoms with van der Waals surface area (Å²) in [5, 5.41) is 32.5. The lowest BCUT2D eigenvalue weighted by molar-refractivity contribution is -0.313. The summed E-state index contributed by atoms with van der Waals surface area (Å²) < 4.78 is 18.0. The van der Waals surface area contributed by atoms with E-state index in [0.29, 0.717) is 17.8 Å². The molecule has 14 atom stereocenters. The van der Waals surface area contributed by atoms with E-state index in [4.69, 9.17) is 14.2 Å². The summed E-state index contributed by atoms with van der Waals surface area (Å²) >= 11 is 0. The van der Waals surface area contributed by atoms with Gasteiger partial charge in [-0.15, -0.1) is 0 Å². The number of rotatable bonds is 24. The number of hydrogen-bond acceptors (Lipinski definition) is 7. The zero-order valence-corrected chi connectivity index (χ0v) is 39.3. The van der Waals surface area contributed by atoms with Crippen LogP contribution in [0.1, 0.15) is 196 Å². The monoisotopic (exact) mass is 839 g/mol. The minimum absolute atomic E-state index is 0.146. The Morgan fingerprint density at radius 1 is 0.833 bits per heavy atom. The fourth-order valence-electron chi connectivity index (χ4n) is 13.1. The van der Waals surface area contributed by atoms with Gasteiger partial charge in [0.1, 0.15) is 31.0 Å². The molecule has 3 saturated carbocycles. The third kappa shape index (κ3) is 12.6. The lowest BCUT2D eigenvalue weighted by atomic mass is 9.47. The third-order valence-corrected chi connectivity index (χ3v) is 17.0. The molecule has 1 aliphatic heterocycles. The van der Waals surface area contributed by atoms with Crippen LogP contribution in [0, 0.1) is 52.3 Å². The van der Waals surface area contributed by atoms with Gasteiger partial charge in [-0.2, -0.15) is 0 Å². The number of carbonyl (C=O) groups is 1. The summed E-state index contributed by atoms with van der Waals surface area (Å²) in [5.41, 5.74) is 2.12. The standard InChI is InChI=1S/C53H90O7/c1-8-10-11-12-13-14-15-16-17-18-19-20-21-22-23-24-47(54)58-36-46-48(55)49(56)50(57)51(60-46)59-41-31-33-52(6)40(35-41)27-28-42-44-30-29-43(53(44,7)34-32-45(42)52)38(5)25-26-39(9-2)37(3)4/h13-14,16-17,27,37-39,41-46,48-51,55-57H,8-12,15,18-26,28-36H2,1-7H3/b14-13+,17-16+/t38-,39-,41+,42+,43-,44+,45+,46-,48-,49+,50-,51-,52+,53-/m1/s1. The molecule has 4 fully saturated rings. The minimum atomic E-state index is -1.45. The second-order valence-corrected chi connectivity index (χ2v) is 21.1. The third-order valence-electron chi connectivity index (χ3n) is 17.0.